The third kappa shape index (κ3) is 3.07. The summed E-state index contributed by atoms with van der Waals surface area (Å²) in [5.74, 6) is -0.439. The summed E-state index contributed by atoms with van der Waals surface area (Å²) in [4.78, 5) is 0.113. The monoisotopic (exact) mass is 273 g/mol. The van der Waals surface area contributed by atoms with Crippen LogP contribution in [0.1, 0.15) is 18.4 Å². The van der Waals surface area contributed by atoms with Crippen molar-refractivity contribution in [2.75, 3.05) is 13.2 Å². The van der Waals surface area contributed by atoms with Gasteiger partial charge in [-0.3, -0.25) is 0 Å². The number of halogens is 1. The second kappa shape index (κ2) is 5.34. The first kappa shape index (κ1) is 13.5. The first-order chi connectivity index (χ1) is 8.49. The minimum atomic E-state index is -3.59. The zero-order chi connectivity index (χ0) is 13.2. The van der Waals surface area contributed by atoms with Crippen LogP contribution in [0.3, 0.4) is 0 Å². The smallest absolute Gasteiger partial charge is 0.240 e. The topological polar surface area (TPSA) is 55.4 Å². The molecule has 1 fully saturated rings. The summed E-state index contributed by atoms with van der Waals surface area (Å²) in [6, 6.07) is 3.64. The van der Waals surface area contributed by atoms with E-state index in [2.05, 4.69) is 4.72 Å². The Labute approximate surface area is 106 Å². The molecule has 1 heterocycles. The van der Waals surface area contributed by atoms with E-state index in [4.69, 9.17) is 4.74 Å². The van der Waals surface area contributed by atoms with E-state index < -0.39 is 15.8 Å². The Kier molecular flexibility index (Phi) is 3.99. The van der Waals surface area contributed by atoms with Crippen LogP contribution in [-0.2, 0) is 14.8 Å². The minimum Gasteiger partial charge on any atom is -0.377 e. The first-order valence-electron chi connectivity index (χ1n) is 5.86. The fourth-order valence-corrected chi connectivity index (χ4v) is 3.29. The van der Waals surface area contributed by atoms with Gasteiger partial charge in [0.2, 0.25) is 10.0 Å². The lowest BCUT2D eigenvalue weighted by atomic mass is 10.2. The lowest BCUT2D eigenvalue weighted by Gasteiger charge is -2.12. The average molecular weight is 273 g/mol. The van der Waals surface area contributed by atoms with Crippen molar-refractivity contribution in [1.82, 2.24) is 4.72 Å². The Hall–Kier alpha value is -0.980. The number of benzene rings is 1. The standard InChI is InChI=1S/C12H16FNO3S/c1-9-7-10(13)4-5-12(9)18(15,16)14-8-11-3-2-6-17-11/h4-5,7,11,14H,2-3,6,8H2,1H3/t11-/m0/s1. The second-order valence-corrected chi connectivity index (χ2v) is 6.13. The Balaban J connectivity index is 2.09. The van der Waals surface area contributed by atoms with E-state index in [-0.39, 0.29) is 17.5 Å². The van der Waals surface area contributed by atoms with E-state index in [1.54, 1.807) is 6.92 Å². The second-order valence-electron chi connectivity index (χ2n) is 4.40. The van der Waals surface area contributed by atoms with Crippen LogP contribution >= 0.6 is 0 Å². The molecule has 0 aromatic heterocycles. The maximum atomic E-state index is 12.9. The molecular formula is C12H16FNO3S. The molecule has 1 N–H and O–H groups in total. The molecule has 0 saturated carbocycles. The van der Waals surface area contributed by atoms with Gasteiger partial charge in [-0.25, -0.2) is 17.5 Å². The lowest BCUT2D eigenvalue weighted by Crippen LogP contribution is -2.32. The van der Waals surface area contributed by atoms with Crippen molar-refractivity contribution in [2.45, 2.75) is 30.8 Å². The molecule has 1 atom stereocenters. The zero-order valence-corrected chi connectivity index (χ0v) is 11.0. The van der Waals surface area contributed by atoms with Gasteiger partial charge in [-0.15, -0.1) is 0 Å². The van der Waals surface area contributed by atoms with Crippen LogP contribution in [0.15, 0.2) is 23.1 Å². The fourth-order valence-electron chi connectivity index (χ4n) is 2.00. The summed E-state index contributed by atoms with van der Waals surface area (Å²) in [5.41, 5.74) is 0.398. The highest BCUT2D eigenvalue weighted by Crippen LogP contribution is 2.17. The van der Waals surface area contributed by atoms with Crippen LogP contribution in [0.25, 0.3) is 0 Å². The SMILES string of the molecule is Cc1cc(F)ccc1S(=O)(=O)NC[C@@H]1CCCO1. The number of ether oxygens (including phenoxy) is 1. The lowest BCUT2D eigenvalue weighted by molar-refractivity contribution is 0.114. The molecule has 1 aromatic carbocycles. The van der Waals surface area contributed by atoms with E-state index >= 15 is 0 Å². The zero-order valence-electron chi connectivity index (χ0n) is 10.1. The molecular weight excluding hydrogens is 257 g/mol. The molecule has 1 aliphatic rings. The van der Waals surface area contributed by atoms with Gasteiger partial charge in [-0.05, 0) is 43.5 Å². The number of rotatable bonds is 4. The predicted molar refractivity (Wildman–Crippen MR) is 65.3 cm³/mol. The third-order valence-corrected chi connectivity index (χ3v) is 4.54. The highest BCUT2D eigenvalue weighted by molar-refractivity contribution is 7.89. The van der Waals surface area contributed by atoms with Gasteiger partial charge in [0.05, 0.1) is 11.0 Å². The van der Waals surface area contributed by atoms with Gasteiger partial charge < -0.3 is 4.74 Å². The van der Waals surface area contributed by atoms with Crippen molar-refractivity contribution in [1.29, 1.82) is 0 Å². The molecule has 4 nitrogen and oxygen atoms in total. The number of aryl methyl sites for hydroxylation is 1. The number of hydrogen-bond acceptors (Lipinski definition) is 3. The number of hydrogen-bond donors (Lipinski definition) is 1. The van der Waals surface area contributed by atoms with Gasteiger partial charge in [0.15, 0.2) is 0 Å². The molecule has 1 aromatic rings. The van der Waals surface area contributed by atoms with E-state index in [9.17, 15) is 12.8 Å². The highest BCUT2D eigenvalue weighted by atomic mass is 32.2. The van der Waals surface area contributed by atoms with E-state index in [0.29, 0.717) is 12.2 Å². The third-order valence-electron chi connectivity index (χ3n) is 2.95. The van der Waals surface area contributed by atoms with Crippen LogP contribution in [0.5, 0.6) is 0 Å². The van der Waals surface area contributed by atoms with Gasteiger partial charge in [0.25, 0.3) is 0 Å². The Morgan fingerprint density at radius 1 is 1.50 bits per heavy atom. The number of nitrogens with one attached hydrogen (secondary N) is 1. The molecule has 100 valence electrons. The Morgan fingerprint density at radius 3 is 2.89 bits per heavy atom. The van der Waals surface area contributed by atoms with Crippen molar-refractivity contribution in [3.63, 3.8) is 0 Å². The maximum Gasteiger partial charge on any atom is 0.240 e. The molecule has 0 radical (unpaired) electrons. The van der Waals surface area contributed by atoms with Crippen LogP contribution in [0, 0.1) is 12.7 Å². The van der Waals surface area contributed by atoms with E-state index in [1.807, 2.05) is 0 Å². The molecule has 1 aliphatic heterocycles. The van der Waals surface area contributed by atoms with Crippen molar-refractivity contribution < 1.29 is 17.5 Å². The first-order valence-corrected chi connectivity index (χ1v) is 7.35. The summed E-state index contributed by atoms with van der Waals surface area (Å²) in [6.45, 7) is 2.52. The predicted octanol–water partition coefficient (Wildman–Crippen LogP) is 1.59. The van der Waals surface area contributed by atoms with Crippen LogP contribution in [-0.4, -0.2) is 27.7 Å². The molecule has 6 heteroatoms. The summed E-state index contributed by atoms with van der Waals surface area (Å²) in [5, 5.41) is 0. The summed E-state index contributed by atoms with van der Waals surface area (Å²) >= 11 is 0. The quantitative estimate of drug-likeness (QED) is 0.906. The van der Waals surface area contributed by atoms with E-state index in [0.717, 1.165) is 18.9 Å². The van der Waals surface area contributed by atoms with Crippen LogP contribution in [0.2, 0.25) is 0 Å². The molecule has 0 aliphatic carbocycles. The summed E-state index contributed by atoms with van der Waals surface area (Å²) < 4.78 is 44.8. The van der Waals surface area contributed by atoms with Gasteiger partial charge in [0.1, 0.15) is 5.82 Å². The molecule has 1 saturated heterocycles. The normalized spacial score (nSPS) is 20.2. The van der Waals surface area contributed by atoms with Gasteiger partial charge in [0, 0.05) is 13.2 Å². The summed E-state index contributed by atoms with van der Waals surface area (Å²) in [6.07, 6.45) is 1.77. The number of sulfonamides is 1. The van der Waals surface area contributed by atoms with Crippen molar-refractivity contribution >= 4 is 10.0 Å². The van der Waals surface area contributed by atoms with Crippen molar-refractivity contribution in [3.8, 4) is 0 Å². The minimum absolute atomic E-state index is 0.0551. The van der Waals surface area contributed by atoms with Crippen molar-refractivity contribution in [3.05, 3.63) is 29.6 Å². The van der Waals surface area contributed by atoms with Crippen molar-refractivity contribution in [2.24, 2.45) is 0 Å². The average Bonchev–Trinajstić information content (AvgIpc) is 2.78. The molecule has 0 unspecified atom stereocenters. The highest BCUT2D eigenvalue weighted by Gasteiger charge is 2.21. The van der Waals surface area contributed by atoms with Gasteiger partial charge >= 0.3 is 0 Å². The van der Waals surface area contributed by atoms with Crippen LogP contribution < -0.4 is 4.72 Å². The Morgan fingerprint density at radius 2 is 2.28 bits per heavy atom. The van der Waals surface area contributed by atoms with E-state index in [1.165, 1.54) is 12.1 Å². The molecule has 18 heavy (non-hydrogen) atoms. The molecule has 0 amide bonds. The van der Waals surface area contributed by atoms with Gasteiger partial charge in [-0.1, -0.05) is 0 Å². The largest absolute Gasteiger partial charge is 0.377 e. The Bertz CT molecular complexity index is 524. The fraction of sp³-hybridized carbons (Fsp3) is 0.500. The molecule has 0 bridgehead atoms. The van der Waals surface area contributed by atoms with Crippen LogP contribution in [0.4, 0.5) is 4.39 Å². The molecule has 2 rings (SSSR count). The molecule has 0 spiro atoms. The van der Waals surface area contributed by atoms with Gasteiger partial charge in [-0.2, -0.15) is 0 Å². The maximum absolute atomic E-state index is 12.9. The summed E-state index contributed by atoms with van der Waals surface area (Å²) in [7, 11) is -3.59.